The lowest BCUT2D eigenvalue weighted by molar-refractivity contribution is 0.840. The van der Waals surface area contributed by atoms with E-state index in [4.69, 9.17) is 17.3 Å². The van der Waals surface area contributed by atoms with Crippen LogP contribution in [-0.4, -0.2) is 21.2 Å². The lowest BCUT2D eigenvalue weighted by Gasteiger charge is -2.04. The van der Waals surface area contributed by atoms with Gasteiger partial charge in [0.05, 0.1) is 0 Å². The lowest BCUT2D eigenvalue weighted by Crippen LogP contribution is -2.05. The molecule has 1 heterocycles. The number of nitrogens with zero attached hydrogens (tertiary/aromatic N) is 3. The van der Waals surface area contributed by atoms with Gasteiger partial charge in [-0.1, -0.05) is 41.6 Å². The number of hydrogen-bond donors (Lipinski definition) is 1. The summed E-state index contributed by atoms with van der Waals surface area (Å²) in [6.45, 7) is 0. The van der Waals surface area contributed by atoms with Gasteiger partial charge >= 0.3 is 0 Å². The molecule has 0 saturated heterocycles. The molecule has 1 aromatic carbocycles. The quantitative estimate of drug-likeness (QED) is 0.865. The summed E-state index contributed by atoms with van der Waals surface area (Å²) in [5, 5.41) is 1.33. The number of nitrogen functional groups attached to an aromatic ring is 1. The van der Waals surface area contributed by atoms with Crippen molar-refractivity contribution in [2.45, 2.75) is 11.6 Å². The number of nitrogens with two attached hydrogens (primary N) is 1. The van der Waals surface area contributed by atoms with Crippen molar-refractivity contribution in [2.75, 3.05) is 12.0 Å². The lowest BCUT2D eigenvalue weighted by atomic mass is 10.1. The first-order valence-electron chi connectivity index (χ1n) is 4.97. The van der Waals surface area contributed by atoms with Crippen LogP contribution in [0.15, 0.2) is 29.4 Å². The predicted octanol–water partition coefficient (Wildman–Crippen LogP) is 2.42. The highest BCUT2D eigenvalue weighted by atomic mass is 35.5. The molecule has 2 N–H and O–H groups in total. The fraction of sp³-hybridized carbons (Fsp3) is 0.182. The van der Waals surface area contributed by atoms with E-state index in [0.29, 0.717) is 22.4 Å². The van der Waals surface area contributed by atoms with Gasteiger partial charge in [0.15, 0.2) is 5.16 Å². The normalized spacial score (nSPS) is 10.5. The molecule has 88 valence electrons. The van der Waals surface area contributed by atoms with Gasteiger partial charge in [-0.2, -0.15) is 9.97 Å². The van der Waals surface area contributed by atoms with Crippen molar-refractivity contribution in [3.05, 3.63) is 40.7 Å². The minimum atomic E-state index is 0.242. The van der Waals surface area contributed by atoms with Crippen LogP contribution < -0.4 is 5.73 Å². The number of halogens is 1. The minimum absolute atomic E-state index is 0.242. The number of aromatic nitrogens is 3. The Morgan fingerprint density at radius 1 is 1.24 bits per heavy atom. The fourth-order valence-corrected chi connectivity index (χ4v) is 1.98. The highest BCUT2D eigenvalue weighted by Crippen LogP contribution is 2.18. The number of rotatable bonds is 3. The highest BCUT2D eigenvalue weighted by molar-refractivity contribution is 7.98. The average molecular weight is 267 g/mol. The van der Waals surface area contributed by atoms with Crippen molar-refractivity contribution in [1.82, 2.24) is 15.0 Å². The predicted molar refractivity (Wildman–Crippen MR) is 70.3 cm³/mol. The second-order valence-corrected chi connectivity index (χ2v) is 4.55. The summed E-state index contributed by atoms with van der Waals surface area (Å²) in [5.41, 5.74) is 6.60. The van der Waals surface area contributed by atoms with Crippen molar-refractivity contribution in [1.29, 1.82) is 0 Å². The van der Waals surface area contributed by atoms with Gasteiger partial charge in [0.2, 0.25) is 5.95 Å². The summed E-state index contributed by atoms with van der Waals surface area (Å²) in [6.07, 6.45) is 2.45. The van der Waals surface area contributed by atoms with Gasteiger partial charge < -0.3 is 5.73 Å². The molecule has 2 rings (SSSR count). The summed E-state index contributed by atoms with van der Waals surface area (Å²) in [7, 11) is 0. The van der Waals surface area contributed by atoms with E-state index >= 15 is 0 Å². The Hall–Kier alpha value is -1.33. The Morgan fingerprint density at radius 3 is 2.71 bits per heavy atom. The molecule has 0 spiro atoms. The zero-order chi connectivity index (χ0) is 12.3. The minimum Gasteiger partial charge on any atom is -0.368 e. The zero-order valence-electron chi connectivity index (χ0n) is 9.22. The van der Waals surface area contributed by atoms with E-state index in [2.05, 4.69) is 15.0 Å². The molecule has 2 aromatic rings. The topological polar surface area (TPSA) is 64.7 Å². The first-order valence-corrected chi connectivity index (χ1v) is 6.57. The molecule has 0 aliphatic carbocycles. The Balaban J connectivity index is 2.30. The van der Waals surface area contributed by atoms with Crippen LogP contribution in [0.4, 0.5) is 5.95 Å². The fourth-order valence-electron chi connectivity index (χ4n) is 1.40. The van der Waals surface area contributed by atoms with E-state index < -0.39 is 0 Å². The molecule has 17 heavy (non-hydrogen) atoms. The van der Waals surface area contributed by atoms with Gasteiger partial charge in [-0.25, -0.2) is 4.98 Å². The maximum atomic E-state index is 6.08. The molecule has 4 nitrogen and oxygen atoms in total. The van der Waals surface area contributed by atoms with Crippen molar-refractivity contribution >= 4 is 29.3 Å². The molecule has 0 aliphatic rings. The third-order valence-electron chi connectivity index (χ3n) is 2.17. The molecule has 0 radical (unpaired) electrons. The second-order valence-electron chi connectivity index (χ2n) is 3.36. The third-order valence-corrected chi connectivity index (χ3v) is 3.08. The summed E-state index contributed by atoms with van der Waals surface area (Å²) in [4.78, 5) is 12.4. The van der Waals surface area contributed by atoms with E-state index in [1.165, 1.54) is 11.8 Å². The molecule has 0 amide bonds. The second kappa shape index (κ2) is 5.33. The number of benzene rings is 1. The summed E-state index contributed by atoms with van der Waals surface area (Å²) in [5.74, 6) is 0.876. The molecule has 0 bridgehead atoms. The van der Waals surface area contributed by atoms with Crippen LogP contribution in [0.2, 0.25) is 5.02 Å². The Morgan fingerprint density at radius 2 is 2.00 bits per heavy atom. The molecular weight excluding hydrogens is 256 g/mol. The van der Waals surface area contributed by atoms with E-state index in [1.54, 1.807) is 0 Å². The van der Waals surface area contributed by atoms with Crippen LogP contribution >= 0.6 is 23.4 Å². The van der Waals surface area contributed by atoms with Gasteiger partial charge in [0, 0.05) is 11.4 Å². The summed E-state index contributed by atoms with van der Waals surface area (Å²) in [6, 6.07) is 7.61. The first kappa shape index (κ1) is 12.1. The maximum Gasteiger partial charge on any atom is 0.224 e. The maximum absolute atomic E-state index is 6.08. The molecule has 0 fully saturated rings. The van der Waals surface area contributed by atoms with Crippen molar-refractivity contribution in [2.24, 2.45) is 0 Å². The molecular formula is C11H11ClN4S. The van der Waals surface area contributed by atoms with Gasteiger partial charge in [0.1, 0.15) is 5.82 Å². The zero-order valence-corrected chi connectivity index (χ0v) is 10.8. The van der Waals surface area contributed by atoms with E-state index in [-0.39, 0.29) is 5.95 Å². The molecule has 0 saturated carbocycles. The monoisotopic (exact) mass is 266 g/mol. The molecule has 0 unspecified atom stereocenters. The van der Waals surface area contributed by atoms with Crippen molar-refractivity contribution < 1.29 is 0 Å². The molecule has 1 aromatic heterocycles. The summed E-state index contributed by atoms with van der Waals surface area (Å²) < 4.78 is 0. The molecule has 6 heteroatoms. The van der Waals surface area contributed by atoms with Gasteiger partial charge in [0.25, 0.3) is 0 Å². The van der Waals surface area contributed by atoms with Crippen LogP contribution in [0.25, 0.3) is 0 Å². The number of hydrogen-bond acceptors (Lipinski definition) is 5. The highest BCUT2D eigenvalue weighted by Gasteiger charge is 2.06. The van der Waals surface area contributed by atoms with Crippen LogP contribution in [0.1, 0.15) is 11.4 Å². The van der Waals surface area contributed by atoms with Crippen LogP contribution in [0.5, 0.6) is 0 Å². The van der Waals surface area contributed by atoms with E-state index in [0.717, 1.165) is 5.56 Å². The smallest absolute Gasteiger partial charge is 0.224 e. The Bertz CT molecular complexity index is 533. The Labute approximate surface area is 109 Å². The van der Waals surface area contributed by atoms with Gasteiger partial charge in [-0.15, -0.1) is 0 Å². The van der Waals surface area contributed by atoms with Crippen molar-refractivity contribution in [3.63, 3.8) is 0 Å². The van der Waals surface area contributed by atoms with E-state index in [1.807, 2.05) is 30.5 Å². The van der Waals surface area contributed by atoms with Crippen LogP contribution in [0.3, 0.4) is 0 Å². The Kier molecular flexibility index (Phi) is 3.81. The third kappa shape index (κ3) is 3.08. The number of anilines is 1. The van der Waals surface area contributed by atoms with Gasteiger partial charge in [-0.05, 0) is 17.9 Å². The standard InChI is InChI=1S/C11H11ClN4S/c1-17-11-15-9(14-10(13)16-11)6-7-4-2-3-5-8(7)12/h2-5H,6H2,1H3,(H2,13,14,15,16). The van der Waals surface area contributed by atoms with Crippen LogP contribution in [-0.2, 0) is 6.42 Å². The molecule has 0 atom stereocenters. The SMILES string of the molecule is CSc1nc(N)nc(Cc2ccccc2Cl)n1. The molecule has 0 aliphatic heterocycles. The number of thioether (sulfide) groups is 1. The average Bonchev–Trinajstić information content (AvgIpc) is 2.31. The first-order chi connectivity index (χ1) is 8.19. The van der Waals surface area contributed by atoms with Gasteiger partial charge in [-0.3, -0.25) is 0 Å². The largest absolute Gasteiger partial charge is 0.368 e. The van der Waals surface area contributed by atoms with Crippen LogP contribution in [0, 0.1) is 0 Å². The summed E-state index contributed by atoms with van der Waals surface area (Å²) >= 11 is 7.52. The van der Waals surface area contributed by atoms with Crippen molar-refractivity contribution in [3.8, 4) is 0 Å². The van der Waals surface area contributed by atoms with E-state index in [9.17, 15) is 0 Å².